The monoisotopic (exact) mass is 462 g/mol. The average molecular weight is 462 g/mol. The van der Waals surface area contributed by atoms with Gasteiger partial charge in [0.1, 0.15) is 17.6 Å². The molecule has 0 radical (unpaired) electrons. The molecule has 1 aliphatic carbocycles. The maximum absolute atomic E-state index is 12.4. The first-order valence-electron chi connectivity index (χ1n) is 9.52. The highest BCUT2D eigenvalue weighted by molar-refractivity contribution is 7.90. The van der Waals surface area contributed by atoms with E-state index in [0.29, 0.717) is 31.2 Å². The molecular weight excluding hydrogens is 441 g/mol. The van der Waals surface area contributed by atoms with Crippen molar-refractivity contribution >= 4 is 21.8 Å². The number of aliphatic carboxylic acids is 1. The molecule has 2 atom stereocenters. The van der Waals surface area contributed by atoms with Gasteiger partial charge in [0.2, 0.25) is 10.0 Å². The summed E-state index contributed by atoms with van der Waals surface area (Å²) in [6.45, 7) is 1.53. The van der Waals surface area contributed by atoms with Crippen LogP contribution in [0.15, 0.2) is 18.2 Å². The van der Waals surface area contributed by atoms with Gasteiger partial charge >= 0.3 is 12.1 Å². The molecule has 1 spiro atoms. The Bertz CT molecular complexity index is 977. The van der Waals surface area contributed by atoms with Crippen molar-refractivity contribution in [3.05, 3.63) is 23.9 Å². The second-order valence-corrected chi connectivity index (χ2v) is 9.90. The number of ether oxygens (including phenoxy) is 1. The number of carboxylic acids is 1. The van der Waals surface area contributed by atoms with Crippen LogP contribution in [0.25, 0.3) is 0 Å². The predicted molar refractivity (Wildman–Crippen MR) is 101 cm³/mol. The number of hydrogen-bond acceptors (Lipinski definition) is 7. The van der Waals surface area contributed by atoms with Crippen molar-refractivity contribution in [2.45, 2.75) is 48.8 Å². The minimum absolute atomic E-state index is 0.0787. The largest absolute Gasteiger partial charge is 0.490 e. The van der Waals surface area contributed by atoms with Gasteiger partial charge in [-0.15, -0.1) is 0 Å². The van der Waals surface area contributed by atoms with Crippen molar-refractivity contribution in [1.29, 1.82) is 5.26 Å². The Morgan fingerprint density at radius 3 is 2.65 bits per heavy atom. The van der Waals surface area contributed by atoms with E-state index < -0.39 is 22.2 Å². The van der Waals surface area contributed by atoms with Gasteiger partial charge in [0.15, 0.2) is 0 Å². The lowest BCUT2D eigenvalue weighted by Gasteiger charge is -2.23. The molecule has 13 heteroatoms. The van der Waals surface area contributed by atoms with Crippen molar-refractivity contribution < 1.29 is 36.2 Å². The first-order chi connectivity index (χ1) is 14.4. The third-order valence-electron chi connectivity index (χ3n) is 5.25. The standard InChI is InChI=1S/C16H20N4O3S.C2HF3O2/c17-9-12-2-1-3-15(18-12)19-13-8-16(23-10-13)6-7-20(11-16)24(21,22)14-4-5-14;3-2(4,5)1(6)7/h1-3,13-14H,4-8,10-11H2,(H,18,19);(H,6,7). The topological polar surface area (TPSA) is 133 Å². The predicted octanol–water partition coefficient (Wildman–Crippen LogP) is 1.72. The van der Waals surface area contributed by atoms with Crippen molar-refractivity contribution in [3.63, 3.8) is 0 Å². The van der Waals surface area contributed by atoms with Crippen molar-refractivity contribution in [2.75, 3.05) is 25.0 Å². The molecule has 2 saturated heterocycles. The molecule has 1 aromatic rings. The molecule has 2 aliphatic heterocycles. The fraction of sp³-hybridized carbons (Fsp3) is 0.611. The van der Waals surface area contributed by atoms with Crippen LogP contribution in [0.4, 0.5) is 19.0 Å². The summed E-state index contributed by atoms with van der Waals surface area (Å²) in [5, 5.41) is 19.2. The van der Waals surface area contributed by atoms with Gasteiger partial charge in [-0.2, -0.15) is 22.7 Å². The van der Waals surface area contributed by atoms with Crippen LogP contribution in [-0.2, 0) is 19.6 Å². The average Bonchev–Trinajstić information content (AvgIpc) is 3.39. The van der Waals surface area contributed by atoms with E-state index in [1.807, 2.05) is 12.1 Å². The molecule has 9 nitrogen and oxygen atoms in total. The van der Waals surface area contributed by atoms with E-state index in [9.17, 15) is 21.6 Å². The number of alkyl halides is 3. The summed E-state index contributed by atoms with van der Waals surface area (Å²) >= 11 is 0. The lowest BCUT2D eigenvalue weighted by Crippen LogP contribution is -2.37. The third-order valence-corrected chi connectivity index (χ3v) is 7.60. The highest BCUT2D eigenvalue weighted by Gasteiger charge is 2.51. The second-order valence-electron chi connectivity index (χ2n) is 7.69. The summed E-state index contributed by atoms with van der Waals surface area (Å²) in [6.07, 6.45) is -2.01. The molecule has 2 N–H and O–H groups in total. The highest BCUT2D eigenvalue weighted by atomic mass is 32.2. The number of aromatic nitrogens is 1. The zero-order valence-electron chi connectivity index (χ0n) is 16.3. The number of nitriles is 1. The molecule has 1 saturated carbocycles. The zero-order valence-corrected chi connectivity index (χ0v) is 17.1. The van der Waals surface area contributed by atoms with Gasteiger partial charge in [0.05, 0.1) is 23.5 Å². The third kappa shape index (κ3) is 5.63. The van der Waals surface area contributed by atoms with Gasteiger partial charge in [-0.3, -0.25) is 0 Å². The number of nitrogens with one attached hydrogen (secondary N) is 1. The Morgan fingerprint density at radius 2 is 2.06 bits per heavy atom. The number of halogens is 3. The van der Waals surface area contributed by atoms with Gasteiger partial charge < -0.3 is 15.2 Å². The lowest BCUT2D eigenvalue weighted by molar-refractivity contribution is -0.192. The molecular formula is C18H21F3N4O5S. The van der Waals surface area contributed by atoms with Crippen LogP contribution in [0.1, 0.15) is 31.4 Å². The number of pyridine rings is 1. The Morgan fingerprint density at radius 1 is 1.39 bits per heavy atom. The molecule has 3 heterocycles. The number of anilines is 1. The van der Waals surface area contributed by atoms with Crippen LogP contribution >= 0.6 is 0 Å². The number of carboxylic acid groups (broad SMARTS) is 1. The van der Waals surface area contributed by atoms with Crippen molar-refractivity contribution in [3.8, 4) is 6.07 Å². The van der Waals surface area contributed by atoms with Crippen LogP contribution in [0.2, 0.25) is 0 Å². The first kappa shape index (κ1) is 23.2. The van der Waals surface area contributed by atoms with E-state index in [1.54, 1.807) is 16.4 Å². The second kappa shape index (κ2) is 8.60. The fourth-order valence-corrected chi connectivity index (χ4v) is 5.52. The molecule has 0 bridgehead atoms. The van der Waals surface area contributed by atoms with E-state index in [-0.39, 0.29) is 16.9 Å². The minimum atomic E-state index is -5.08. The minimum Gasteiger partial charge on any atom is -0.475 e. The molecule has 31 heavy (non-hydrogen) atoms. The fourth-order valence-electron chi connectivity index (χ4n) is 3.61. The summed E-state index contributed by atoms with van der Waals surface area (Å²) in [6, 6.07) is 7.38. The smallest absolute Gasteiger partial charge is 0.475 e. The molecule has 3 aliphatic rings. The number of rotatable bonds is 4. The summed E-state index contributed by atoms with van der Waals surface area (Å²) in [7, 11) is -3.13. The highest BCUT2D eigenvalue weighted by Crippen LogP contribution is 2.40. The van der Waals surface area contributed by atoms with Crippen LogP contribution in [0, 0.1) is 11.3 Å². The van der Waals surface area contributed by atoms with Crippen LogP contribution in [-0.4, -0.2) is 71.5 Å². The van der Waals surface area contributed by atoms with Gasteiger partial charge in [-0.05, 0) is 31.4 Å². The number of hydrogen-bond donors (Lipinski definition) is 2. The summed E-state index contributed by atoms with van der Waals surface area (Å²) in [4.78, 5) is 13.1. The number of nitrogens with zero attached hydrogens (tertiary/aromatic N) is 3. The van der Waals surface area contributed by atoms with Crippen LogP contribution in [0.3, 0.4) is 0 Å². The van der Waals surface area contributed by atoms with E-state index in [4.69, 9.17) is 19.9 Å². The molecule has 0 aromatic carbocycles. The molecule has 0 amide bonds. The Balaban J connectivity index is 0.000000339. The van der Waals surface area contributed by atoms with Crippen LogP contribution < -0.4 is 5.32 Å². The molecule has 3 fully saturated rings. The number of carbonyl (C=O) groups is 1. The zero-order chi connectivity index (χ0) is 22.9. The van der Waals surface area contributed by atoms with Gasteiger partial charge in [-0.25, -0.2) is 18.2 Å². The first-order valence-corrected chi connectivity index (χ1v) is 11.0. The van der Waals surface area contributed by atoms with E-state index in [0.717, 1.165) is 25.7 Å². The normalized spacial score (nSPS) is 26.2. The van der Waals surface area contributed by atoms with Crippen molar-refractivity contribution in [1.82, 2.24) is 9.29 Å². The lowest BCUT2D eigenvalue weighted by atomic mass is 9.97. The van der Waals surface area contributed by atoms with Gasteiger partial charge in [0, 0.05) is 19.5 Å². The van der Waals surface area contributed by atoms with E-state index in [1.165, 1.54) is 0 Å². The Kier molecular flexibility index (Phi) is 6.45. The SMILES string of the molecule is N#Cc1cccc(NC2COC3(CCN(S(=O)(=O)C4CC4)C3)C2)n1.O=C(O)C(F)(F)F. The molecule has 170 valence electrons. The quantitative estimate of drug-likeness (QED) is 0.691. The summed E-state index contributed by atoms with van der Waals surface area (Å²) in [5.74, 6) is -2.10. The van der Waals surface area contributed by atoms with Crippen molar-refractivity contribution in [2.24, 2.45) is 0 Å². The van der Waals surface area contributed by atoms with Gasteiger partial charge in [0.25, 0.3) is 0 Å². The van der Waals surface area contributed by atoms with E-state index >= 15 is 0 Å². The maximum atomic E-state index is 12.4. The summed E-state index contributed by atoms with van der Waals surface area (Å²) < 4.78 is 64.1. The van der Waals surface area contributed by atoms with E-state index in [2.05, 4.69) is 10.3 Å². The van der Waals surface area contributed by atoms with Crippen LogP contribution in [0.5, 0.6) is 0 Å². The number of sulfonamides is 1. The maximum Gasteiger partial charge on any atom is 0.490 e. The summed E-state index contributed by atoms with van der Waals surface area (Å²) in [5.41, 5.74) is -0.0110. The molecule has 1 aromatic heterocycles. The molecule has 2 unspecified atom stereocenters. The Labute approximate surface area is 176 Å². The molecule has 4 rings (SSSR count). The van der Waals surface area contributed by atoms with Gasteiger partial charge in [-0.1, -0.05) is 6.07 Å². The Hall–Kier alpha value is -2.43.